The number of ether oxygens (including phenoxy) is 3. The third-order valence-electron chi connectivity index (χ3n) is 4.37. The molecular weight excluding hydrogens is 411 g/mol. The van der Waals surface area contributed by atoms with Gasteiger partial charge in [0, 0.05) is 25.2 Å². The second kappa shape index (κ2) is 11.1. The second-order valence-electron chi connectivity index (χ2n) is 6.69. The molecule has 2 N–H and O–H groups in total. The van der Waals surface area contributed by atoms with Gasteiger partial charge in [0.05, 0.1) is 14.2 Å². The molecule has 0 aliphatic heterocycles. The van der Waals surface area contributed by atoms with Gasteiger partial charge in [0.15, 0.2) is 11.5 Å². The first-order valence-corrected chi connectivity index (χ1v) is 11.1. The number of hydrogen-bond acceptors (Lipinski definition) is 6. The molecule has 0 heterocycles. The smallest absolute Gasteiger partial charge is 0.244 e. The van der Waals surface area contributed by atoms with Crippen molar-refractivity contribution in [2.75, 3.05) is 33.9 Å². The van der Waals surface area contributed by atoms with E-state index in [1.165, 1.54) is 32.4 Å². The molecule has 0 aliphatic rings. The van der Waals surface area contributed by atoms with Gasteiger partial charge in [-0.3, -0.25) is 0 Å². The van der Waals surface area contributed by atoms with Crippen LogP contribution in [0.2, 0.25) is 0 Å². The van der Waals surface area contributed by atoms with Crippen molar-refractivity contribution in [2.45, 2.75) is 31.2 Å². The summed E-state index contributed by atoms with van der Waals surface area (Å²) in [5.74, 6) is 0.727. The molecule has 0 fully saturated rings. The third kappa shape index (κ3) is 6.58. The van der Waals surface area contributed by atoms with Gasteiger partial charge >= 0.3 is 0 Å². The molecular formula is C21H29FN2O5S. The van der Waals surface area contributed by atoms with E-state index in [1.54, 1.807) is 19.1 Å². The van der Waals surface area contributed by atoms with E-state index in [-0.39, 0.29) is 10.9 Å². The van der Waals surface area contributed by atoms with Gasteiger partial charge in [-0.15, -0.1) is 0 Å². The third-order valence-corrected chi connectivity index (χ3v) is 5.94. The molecule has 0 amide bonds. The average molecular weight is 441 g/mol. The standard InChI is InChI=1S/C21H29FN2O5S/c1-5-24-30(25,26)21-13-16(6-8-19(21)28-4)12-15(2)23-10-11-29-20-14-17(22)7-9-18(20)27-3/h6-9,13-15,23-24H,5,10-12H2,1-4H3. The summed E-state index contributed by atoms with van der Waals surface area (Å²) in [4.78, 5) is 0.123. The van der Waals surface area contributed by atoms with Crippen LogP contribution in [-0.4, -0.2) is 48.4 Å². The molecule has 0 saturated carbocycles. The molecule has 0 spiro atoms. The van der Waals surface area contributed by atoms with Crippen LogP contribution in [0.5, 0.6) is 17.2 Å². The predicted molar refractivity (Wildman–Crippen MR) is 113 cm³/mol. The van der Waals surface area contributed by atoms with Crippen molar-refractivity contribution in [3.63, 3.8) is 0 Å². The predicted octanol–water partition coefficient (Wildman–Crippen LogP) is 2.74. The molecule has 0 saturated heterocycles. The van der Waals surface area contributed by atoms with Crippen LogP contribution in [0.25, 0.3) is 0 Å². The number of methoxy groups -OCH3 is 2. The Morgan fingerprint density at radius 3 is 2.40 bits per heavy atom. The van der Waals surface area contributed by atoms with Crippen LogP contribution < -0.4 is 24.2 Å². The lowest BCUT2D eigenvalue weighted by atomic mass is 10.1. The van der Waals surface area contributed by atoms with E-state index in [0.717, 1.165) is 5.56 Å². The fourth-order valence-electron chi connectivity index (χ4n) is 2.98. The summed E-state index contributed by atoms with van der Waals surface area (Å²) in [7, 11) is -0.689. The number of nitrogens with one attached hydrogen (secondary N) is 2. The minimum absolute atomic E-state index is 0.0612. The molecule has 1 unspecified atom stereocenters. The normalized spacial score (nSPS) is 12.4. The Hall–Kier alpha value is -2.36. The summed E-state index contributed by atoms with van der Waals surface area (Å²) in [6, 6.07) is 9.30. The maximum absolute atomic E-state index is 13.4. The Bertz CT molecular complexity index is 937. The van der Waals surface area contributed by atoms with Gasteiger partial charge in [-0.05, 0) is 43.2 Å². The van der Waals surface area contributed by atoms with Gasteiger partial charge in [-0.1, -0.05) is 13.0 Å². The highest BCUT2D eigenvalue weighted by atomic mass is 32.2. The molecule has 0 radical (unpaired) electrons. The van der Waals surface area contributed by atoms with Crippen LogP contribution in [0.4, 0.5) is 4.39 Å². The van der Waals surface area contributed by atoms with Crippen LogP contribution in [0.3, 0.4) is 0 Å². The summed E-state index contributed by atoms with van der Waals surface area (Å²) in [5, 5.41) is 3.31. The monoisotopic (exact) mass is 440 g/mol. The van der Waals surface area contributed by atoms with E-state index >= 15 is 0 Å². The van der Waals surface area contributed by atoms with E-state index < -0.39 is 15.8 Å². The second-order valence-corrected chi connectivity index (χ2v) is 8.42. The van der Waals surface area contributed by atoms with E-state index in [0.29, 0.717) is 43.4 Å². The fraction of sp³-hybridized carbons (Fsp3) is 0.429. The molecule has 30 heavy (non-hydrogen) atoms. The molecule has 166 valence electrons. The molecule has 0 aromatic heterocycles. The Kier molecular flexibility index (Phi) is 8.88. The molecule has 2 aromatic rings. The Morgan fingerprint density at radius 1 is 1.03 bits per heavy atom. The topological polar surface area (TPSA) is 85.9 Å². The van der Waals surface area contributed by atoms with Gasteiger partial charge in [-0.25, -0.2) is 17.5 Å². The number of hydrogen-bond donors (Lipinski definition) is 2. The molecule has 0 aliphatic carbocycles. The lowest BCUT2D eigenvalue weighted by Crippen LogP contribution is -2.32. The molecule has 1 atom stereocenters. The lowest BCUT2D eigenvalue weighted by Gasteiger charge is -2.17. The maximum Gasteiger partial charge on any atom is 0.244 e. The highest BCUT2D eigenvalue weighted by molar-refractivity contribution is 7.89. The summed E-state index contributed by atoms with van der Waals surface area (Å²) >= 11 is 0. The SMILES string of the molecule is CCNS(=O)(=O)c1cc(CC(C)NCCOc2cc(F)ccc2OC)ccc1OC. The van der Waals surface area contributed by atoms with Gasteiger partial charge in [0.2, 0.25) is 10.0 Å². The van der Waals surface area contributed by atoms with Crippen molar-refractivity contribution in [3.05, 3.63) is 47.8 Å². The lowest BCUT2D eigenvalue weighted by molar-refractivity contribution is 0.285. The minimum atomic E-state index is -3.63. The van der Waals surface area contributed by atoms with Crippen molar-refractivity contribution in [3.8, 4) is 17.2 Å². The Morgan fingerprint density at radius 2 is 1.73 bits per heavy atom. The molecule has 0 bridgehead atoms. The Labute approximate surface area is 177 Å². The highest BCUT2D eigenvalue weighted by Crippen LogP contribution is 2.27. The van der Waals surface area contributed by atoms with E-state index in [4.69, 9.17) is 14.2 Å². The average Bonchev–Trinajstić information content (AvgIpc) is 2.71. The largest absolute Gasteiger partial charge is 0.495 e. The zero-order chi connectivity index (χ0) is 22.1. The summed E-state index contributed by atoms with van der Waals surface area (Å²) in [6.07, 6.45) is 0.613. The fourth-order valence-corrected chi connectivity index (χ4v) is 4.24. The molecule has 2 rings (SSSR count). The van der Waals surface area contributed by atoms with Crippen molar-refractivity contribution in [1.82, 2.24) is 10.0 Å². The molecule has 9 heteroatoms. The number of sulfonamides is 1. The van der Waals surface area contributed by atoms with E-state index in [2.05, 4.69) is 10.0 Å². The van der Waals surface area contributed by atoms with Crippen molar-refractivity contribution in [1.29, 1.82) is 0 Å². The van der Waals surface area contributed by atoms with Gasteiger partial charge < -0.3 is 19.5 Å². The Balaban J connectivity index is 1.94. The number of benzene rings is 2. The van der Waals surface area contributed by atoms with Crippen LogP contribution >= 0.6 is 0 Å². The van der Waals surface area contributed by atoms with Gasteiger partial charge in [0.25, 0.3) is 0 Å². The van der Waals surface area contributed by atoms with Crippen LogP contribution in [-0.2, 0) is 16.4 Å². The van der Waals surface area contributed by atoms with E-state index in [1.807, 2.05) is 13.0 Å². The first kappa shape index (κ1) is 23.9. The molecule has 7 nitrogen and oxygen atoms in total. The van der Waals surface area contributed by atoms with Crippen LogP contribution in [0, 0.1) is 5.82 Å². The number of halogens is 1. The summed E-state index contributed by atoms with van der Waals surface area (Å²) in [6.45, 7) is 4.86. The first-order chi connectivity index (χ1) is 14.3. The first-order valence-electron chi connectivity index (χ1n) is 9.67. The molecule has 2 aromatic carbocycles. The highest BCUT2D eigenvalue weighted by Gasteiger charge is 2.19. The van der Waals surface area contributed by atoms with Crippen molar-refractivity contribution < 1.29 is 27.0 Å². The van der Waals surface area contributed by atoms with Crippen LogP contribution in [0.15, 0.2) is 41.3 Å². The van der Waals surface area contributed by atoms with Crippen LogP contribution in [0.1, 0.15) is 19.4 Å². The maximum atomic E-state index is 13.4. The van der Waals surface area contributed by atoms with E-state index in [9.17, 15) is 12.8 Å². The van der Waals surface area contributed by atoms with Gasteiger partial charge in [0.1, 0.15) is 23.1 Å². The zero-order valence-electron chi connectivity index (χ0n) is 17.7. The quantitative estimate of drug-likeness (QED) is 0.494. The van der Waals surface area contributed by atoms with Crippen molar-refractivity contribution >= 4 is 10.0 Å². The minimum Gasteiger partial charge on any atom is -0.495 e. The summed E-state index contributed by atoms with van der Waals surface area (Å²) in [5.41, 5.74) is 0.861. The zero-order valence-corrected chi connectivity index (χ0v) is 18.5. The van der Waals surface area contributed by atoms with Crippen molar-refractivity contribution in [2.24, 2.45) is 0 Å². The number of rotatable bonds is 12. The summed E-state index contributed by atoms with van der Waals surface area (Å²) < 4.78 is 56.6. The van der Waals surface area contributed by atoms with Gasteiger partial charge in [-0.2, -0.15) is 0 Å².